The first kappa shape index (κ1) is 12.9. The molecule has 0 amide bonds. The molecular weight excluding hydrogens is 249 g/mol. The maximum atomic E-state index is 13.9. The number of aromatic amines is 1. The highest BCUT2D eigenvalue weighted by atomic mass is 19.1. The van der Waals surface area contributed by atoms with E-state index in [9.17, 15) is 4.39 Å². The number of hydrogen-bond acceptors (Lipinski definition) is 0. The van der Waals surface area contributed by atoms with Crippen molar-refractivity contribution in [2.24, 2.45) is 0 Å². The summed E-state index contributed by atoms with van der Waals surface area (Å²) in [5.74, 6) is -0.199. The van der Waals surface area contributed by atoms with Gasteiger partial charge in [-0.2, -0.15) is 0 Å². The predicted octanol–water partition coefficient (Wildman–Crippen LogP) is 5.27. The summed E-state index contributed by atoms with van der Waals surface area (Å²) in [6.07, 6.45) is 0. The Morgan fingerprint density at radius 2 is 1.70 bits per heavy atom. The Morgan fingerprint density at radius 1 is 0.950 bits per heavy atom. The quantitative estimate of drug-likeness (QED) is 0.618. The van der Waals surface area contributed by atoms with Crippen LogP contribution in [0.2, 0.25) is 0 Å². The van der Waals surface area contributed by atoms with E-state index >= 15 is 0 Å². The van der Waals surface area contributed by atoms with Crippen molar-refractivity contribution in [1.82, 2.24) is 4.98 Å². The maximum Gasteiger partial charge on any atom is 0.132 e. The fraction of sp³-hybridized carbons (Fsp3) is 0.222. The summed E-state index contributed by atoms with van der Waals surface area (Å²) in [5, 5.41) is 1.12. The maximum absolute atomic E-state index is 13.9. The Hall–Kier alpha value is -2.09. The minimum Gasteiger partial charge on any atom is -0.354 e. The molecule has 1 nitrogen and oxygen atoms in total. The van der Waals surface area contributed by atoms with E-state index < -0.39 is 0 Å². The average Bonchev–Trinajstić information content (AvgIpc) is 2.80. The van der Waals surface area contributed by atoms with E-state index in [1.165, 1.54) is 11.6 Å². The number of nitrogens with one attached hydrogen (secondary N) is 1. The molecule has 0 fully saturated rings. The third kappa shape index (κ3) is 2.22. The summed E-state index contributed by atoms with van der Waals surface area (Å²) in [7, 11) is 0. The summed E-state index contributed by atoms with van der Waals surface area (Å²) in [6, 6.07) is 15.2. The van der Waals surface area contributed by atoms with Gasteiger partial charge in [-0.15, -0.1) is 0 Å². The third-order valence-corrected chi connectivity index (χ3v) is 3.65. The molecule has 102 valence electrons. The van der Waals surface area contributed by atoms with Crippen molar-refractivity contribution in [3.8, 4) is 11.3 Å². The molecule has 0 saturated carbocycles. The zero-order chi connectivity index (χ0) is 14.3. The van der Waals surface area contributed by atoms with E-state index in [0.29, 0.717) is 5.56 Å². The average molecular weight is 267 g/mol. The predicted molar refractivity (Wildman–Crippen MR) is 82.4 cm³/mol. The SMILES string of the molecule is CC(C)(C)c1ccc2[nH]c(-c3ccccc3F)cc2c1. The van der Waals surface area contributed by atoms with Gasteiger partial charge >= 0.3 is 0 Å². The molecule has 0 aliphatic rings. The monoisotopic (exact) mass is 267 g/mol. The normalized spacial score (nSPS) is 12.0. The Balaban J connectivity index is 2.14. The lowest BCUT2D eigenvalue weighted by molar-refractivity contribution is 0.591. The number of hydrogen-bond donors (Lipinski definition) is 1. The summed E-state index contributed by atoms with van der Waals surface area (Å²) >= 11 is 0. The molecule has 0 aliphatic heterocycles. The number of rotatable bonds is 1. The smallest absolute Gasteiger partial charge is 0.132 e. The summed E-state index contributed by atoms with van der Waals surface area (Å²) < 4.78 is 13.9. The molecule has 1 heterocycles. The lowest BCUT2D eigenvalue weighted by Crippen LogP contribution is -2.10. The van der Waals surface area contributed by atoms with E-state index in [-0.39, 0.29) is 11.2 Å². The molecule has 0 aliphatic carbocycles. The van der Waals surface area contributed by atoms with Crippen LogP contribution in [-0.4, -0.2) is 4.98 Å². The number of H-pyrrole nitrogens is 1. The van der Waals surface area contributed by atoms with Crippen LogP contribution < -0.4 is 0 Å². The van der Waals surface area contributed by atoms with Gasteiger partial charge in [0.2, 0.25) is 0 Å². The second kappa shape index (κ2) is 4.48. The van der Waals surface area contributed by atoms with Crippen molar-refractivity contribution in [3.63, 3.8) is 0 Å². The van der Waals surface area contributed by atoms with Crippen LogP contribution in [0.15, 0.2) is 48.5 Å². The molecule has 0 unspecified atom stereocenters. The fourth-order valence-corrected chi connectivity index (χ4v) is 2.42. The van der Waals surface area contributed by atoms with Crippen molar-refractivity contribution in [2.75, 3.05) is 0 Å². The molecule has 0 saturated heterocycles. The van der Waals surface area contributed by atoms with Crippen molar-refractivity contribution in [3.05, 3.63) is 59.9 Å². The van der Waals surface area contributed by atoms with Gasteiger partial charge in [-0.25, -0.2) is 4.39 Å². The van der Waals surface area contributed by atoms with Crippen molar-refractivity contribution in [2.45, 2.75) is 26.2 Å². The van der Waals surface area contributed by atoms with Gasteiger partial charge in [0.05, 0.1) is 0 Å². The van der Waals surface area contributed by atoms with Crippen molar-refractivity contribution >= 4 is 10.9 Å². The topological polar surface area (TPSA) is 15.8 Å². The number of halogens is 1. The van der Waals surface area contributed by atoms with E-state index in [1.54, 1.807) is 12.1 Å². The first-order valence-corrected chi connectivity index (χ1v) is 6.83. The van der Waals surface area contributed by atoms with Gasteiger partial charge in [-0.1, -0.05) is 39.0 Å². The van der Waals surface area contributed by atoms with Crippen LogP contribution in [0, 0.1) is 5.82 Å². The molecule has 3 aromatic rings. The number of aromatic nitrogens is 1. The number of benzene rings is 2. The summed E-state index contributed by atoms with van der Waals surface area (Å²) in [6.45, 7) is 6.58. The highest BCUT2D eigenvalue weighted by molar-refractivity contribution is 5.86. The standard InChI is InChI=1S/C18H18FN/c1-18(2,3)13-8-9-16-12(10-13)11-17(20-16)14-6-4-5-7-15(14)19/h4-11,20H,1-3H3. The highest BCUT2D eigenvalue weighted by Crippen LogP contribution is 2.30. The van der Waals surface area contributed by atoms with Crippen LogP contribution in [0.3, 0.4) is 0 Å². The molecule has 0 spiro atoms. The van der Waals surface area contributed by atoms with E-state index in [1.807, 2.05) is 12.1 Å². The molecule has 2 heteroatoms. The zero-order valence-electron chi connectivity index (χ0n) is 12.0. The Labute approximate surface area is 118 Å². The molecule has 1 N–H and O–H groups in total. The molecule has 3 rings (SSSR count). The summed E-state index contributed by atoms with van der Waals surface area (Å²) in [4.78, 5) is 3.29. The van der Waals surface area contributed by atoms with Crippen LogP contribution in [0.5, 0.6) is 0 Å². The lowest BCUT2D eigenvalue weighted by Gasteiger charge is -2.18. The molecule has 2 aromatic carbocycles. The van der Waals surface area contributed by atoms with Gasteiger partial charge in [0, 0.05) is 22.2 Å². The zero-order valence-corrected chi connectivity index (χ0v) is 12.0. The second-order valence-corrected chi connectivity index (χ2v) is 6.21. The van der Waals surface area contributed by atoms with Gasteiger partial charge in [-0.3, -0.25) is 0 Å². The molecule has 20 heavy (non-hydrogen) atoms. The molecular formula is C18H18FN. The van der Waals surface area contributed by atoms with E-state index in [0.717, 1.165) is 16.6 Å². The van der Waals surface area contributed by atoms with Crippen molar-refractivity contribution < 1.29 is 4.39 Å². The molecule has 0 bridgehead atoms. The van der Waals surface area contributed by atoms with Crippen LogP contribution in [0.25, 0.3) is 22.2 Å². The van der Waals surface area contributed by atoms with Gasteiger partial charge in [0.25, 0.3) is 0 Å². The van der Waals surface area contributed by atoms with Gasteiger partial charge in [-0.05, 0) is 41.3 Å². The first-order valence-electron chi connectivity index (χ1n) is 6.83. The Morgan fingerprint density at radius 3 is 2.40 bits per heavy atom. The first-order chi connectivity index (χ1) is 9.45. The van der Waals surface area contributed by atoms with Crippen LogP contribution >= 0.6 is 0 Å². The van der Waals surface area contributed by atoms with Gasteiger partial charge in [0.1, 0.15) is 5.82 Å². The molecule has 0 radical (unpaired) electrons. The minimum atomic E-state index is -0.199. The van der Waals surface area contributed by atoms with Crippen LogP contribution in [-0.2, 0) is 5.41 Å². The lowest BCUT2D eigenvalue weighted by atomic mass is 9.86. The molecule has 0 atom stereocenters. The van der Waals surface area contributed by atoms with Crippen LogP contribution in [0.4, 0.5) is 4.39 Å². The molecule has 1 aromatic heterocycles. The minimum absolute atomic E-state index is 0.115. The van der Waals surface area contributed by atoms with E-state index in [2.05, 4.69) is 44.0 Å². The van der Waals surface area contributed by atoms with Gasteiger partial charge in [0.15, 0.2) is 0 Å². The van der Waals surface area contributed by atoms with Crippen molar-refractivity contribution in [1.29, 1.82) is 0 Å². The van der Waals surface area contributed by atoms with E-state index in [4.69, 9.17) is 0 Å². The second-order valence-electron chi connectivity index (χ2n) is 6.21. The van der Waals surface area contributed by atoms with Crippen LogP contribution in [0.1, 0.15) is 26.3 Å². The third-order valence-electron chi connectivity index (χ3n) is 3.65. The van der Waals surface area contributed by atoms with Gasteiger partial charge < -0.3 is 4.98 Å². The fourth-order valence-electron chi connectivity index (χ4n) is 2.42. The summed E-state index contributed by atoms with van der Waals surface area (Å²) in [5.41, 5.74) is 3.87. The number of fused-ring (bicyclic) bond motifs is 1. The largest absolute Gasteiger partial charge is 0.354 e. The Kier molecular flexibility index (Phi) is 2.89. The Bertz CT molecular complexity index is 762. The highest BCUT2D eigenvalue weighted by Gasteiger charge is 2.15.